The fourth-order valence-corrected chi connectivity index (χ4v) is 4.05. The van der Waals surface area contributed by atoms with Crippen molar-refractivity contribution in [3.8, 4) is 5.75 Å². The predicted molar refractivity (Wildman–Crippen MR) is 97.6 cm³/mol. The molecule has 0 radical (unpaired) electrons. The lowest BCUT2D eigenvalue weighted by Crippen LogP contribution is -2.38. The lowest BCUT2D eigenvalue weighted by Gasteiger charge is -2.23. The minimum Gasteiger partial charge on any atom is -0.488 e. The second-order valence-electron chi connectivity index (χ2n) is 5.86. The minimum absolute atomic E-state index is 0.0870. The maximum Gasteiger partial charge on any atom is 0.410 e. The first-order valence-corrected chi connectivity index (χ1v) is 9.91. The van der Waals surface area contributed by atoms with E-state index in [0.29, 0.717) is 13.1 Å². The summed E-state index contributed by atoms with van der Waals surface area (Å²) in [7, 11) is 0. The third kappa shape index (κ3) is 4.37. The van der Waals surface area contributed by atoms with Gasteiger partial charge < -0.3 is 14.4 Å². The van der Waals surface area contributed by atoms with E-state index in [2.05, 4.69) is 12.1 Å². The molecule has 0 aliphatic carbocycles. The largest absolute Gasteiger partial charge is 0.488 e. The molecule has 1 aromatic carbocycles. The highest BCUT2D eigenvalue weighted by Crippen LogP contribution is 2.38. The van der Waals surface area contributed by atoms with Crippen LogP contribution in [0.15, 0.2) is 17.0 Å². The molecular formula is C16H18Cl3NO3S. The summed E-state index contributed by atoms with van der Waals surface area (Å²) in [6.07, 6.45) is 1.25. The Balaban J connectivity index is 1.80. The molecule has 0 bridgehead atoms. The molecule has 2 aliphatic heterocycles. The molecule has 0 spiro atoms. The Bertz CT molecular complexity index is 636. The van der Waals surface area contributed by atoms with Crippen LogP contribution in [-0.4, -0.2) is 39.8 Å². The van der Waals surface area contributed by atoms with Gasteiger partial charge in [-0.3, -0.25) is 0 Å². The average molecular weight is 411 g/mol. The van der Waals surface area contributed by atoms with Crippen molar-refractivity contribution < 1.29 is 14.3 Å². The van der Waals surface area contributed by atoms with Crippen LogP contribution < -0.4 is 4.74 Å². The van der Waals surface area contributed by atoms with Crippen molar-refractivity contribution in [2.75, 3.05) is 18.9 Å². The number of benzene rings is 1. The molecule has 0 aromatic heterocycles. The average Bonchev–Trinajstić information content (AvgIpc) is 2.88. The fourth-order valence-electron chi connectivity index (χ4n) is 2.81. The molecule has 0 fully saturated rings. The normalized spacial score (nSPS) is 20.0. The van der Waals surface area contributed by atoms with Crippen LogP contribution in [-0.2, 0) is 17.7 Å². The van der Waals surface area contributed by atoms with Crippen LogP contribution >= 0.6 is 46.6 Å². The van der Waals surface area contributed by atoms with Crippen molar-refractivity contribution in [1.82, 2.24) is 4.90 Å². The van der Waals surface area contributed by atoms with Gasteiger partial charge in [-0.15, -0.1) is 11.8 Å². The number of hydrogen-bond donors (Lipinski definition) is 0. The molecule has 4 nitrogen and oxygen atoms in total. The number of halogens is 3. The maximum absolute atomic E-state index is 12.4. The maximum atomic E-state index is 12.4. The van der Waals surface area contributed by atoms with Gasteiger partial charge in [0, 0.05) is 16.2 Å². The number of thioether (sulfide) groups is 1. The number of alkyl halides is 3. The summed E-state index contributed by atoms with van der Waals surface area (Å²) < 4.78 is 9.64. The van der Waals surface area contributed by atoms with Crippen LogP contribution in [0, 0.1) is 0 Å². The van der Waals surface area contributed by atoms with Crippen molar-refractivity contribution in [2.24, 2.45) is 0 Å². The van der Waals surface area contributed by atoms with E-state index in [1.54, 1.807) is 4.90 Å². The van der Waals surface area contributed by atoms with Gasteiger partial charge in [-0.25, -0.2) is 4.79 Å². The summed E-state index contributed by atoms with van der Waals surface area (Å²) in [5.41, 5.74) is 2.31. The number of carbonyl (C=O) groups excluding carboxylic acids is 1. The van der Waals surface area contributed by atoms with E-state index in [-0.39, 0.29) is 12.7 Å². The van der Waals surface area contributed by atoms with Crippen LogP contribution in [0.2, 0.25) is 0 Å². The van der Waals surface area contributed by atoms with Gasteiger partial charge in [0.15, 0.2) is 0 Å². The summed E-state index contributed by atoms with van der Waals surface area (Å²) in [5.74, 6) is 1.94. The molecule has 1 amide bonds. The zero-order chi connectivity index (χ0) is 17.3. The summed E-state index contributed by atoms with van der Waals surface area (Å²) in [6, 6.07) is 4.24. The number of carbonyl (C=O) groups is 1. The van der Waals surface area contributed by atoms with Crippen molar-refractivity contribution in [1.29, 1.82) is 0 Å². The van der Waals surface area contributed by atoms with Gasteiger partial charge >= 0.3 is 6.09 Å². The molecule has 0 saturated heterocycles. The van der Waals surface area contributed by atoms with Crippen molar-refractivity contribution in [3.05, 3.63) is 23.3 Å². The predicted octanol–water partition coefficient (Wildman–Crippen LogP) is 4.81. The lowest BCUT2D eigenvalue weighted by molar-refractivity contribution is 0.0848. The summed E-state index contributed by atoms with van der Waals surface area (Å²) in [6.45, 7) is 2.63. The summed E-state index contributed by atoms with van der Waals surface area (Å²) >= 11 is 18.8. The molecule has 1 aromatic rings. The van der Waals surface area contributed by atoms with Gasteiger partial charge in [0.1, 0.15) is 18.5 Å². The zero-order valence-corrected chi connectivity index (χ0v) is 16.3. The van der Waals surface area contributed by atoms with E-state index in [0.717, 1.165) is 29.9 Å². The number of amides is 1. The van der Waals surface area contributed by atoms with Gasteiger partial charge in [0.25, 0.3) is 0 Å². The van der Waals surface area contributed by atoms with Gasteiger partial charge in [-0.05, 0) is 30.5 Å². The number of ether oxygens (including phenoxy) is 2. The Morgan fingerprint density at radius 1 is 1.42 bits per heavy atom. The molecule has 24 heavy (non-hydrogen) atoms. The van der Waals surface area contributed by atoms with Gasteiger partial charge in [0.05, 0.1) is 13.1 Å². The highest BCUT2D eigenvalue weighted by atomic mass is 35.6. The topological polar surface area (TPSA) is 38.8 Å². The Morgan fingerprint density at radius 3 is 2.92 bits per heavy atom. The monoisotopic (exact) mass is 409 g/mol. The van der Waals surface area contributed by atoms with Crippen LogP contribution in [0.3, 0.4) is 0 Å². The quantitative estimate of drug-likeness (QED) is 0.656. The number of aryl methyl sites for hydroxylation is 1. The Hall–Kier alpha value is -0.490. The van der Waals surface area contributed by atoms with E-state index < -0.39 is 9.89 Å². The number of fused-ring (bicyclic) bond motifs is 2. The fraction of sp³-hybridized carbons (Fsp3) is 0.562. The third-order valence-electron chi connectivity index (χ3n) is 4.02. The molecular weight excluding hydrogens is 393 g/mol. The number of hydrogen-bond acceptors (Lipinski definition) is 4. The van der Waals surface area contributed by atoms with Gasteiger partial charge in [0.2, 0.25) is 3.79 Å². The van der Waals surface area contributed by atoms with Crippen LogP contribution in [0.5, 0.6) is 5.75 Å². The third-order valence-corrected chi connectivity index (χ3v) is 5.45. The second kappa shape index (κ2) is 7.40. The molecule has 8 heteroatoms. The molecule has 1 atom stereocenters. The van der Waals surface area contributed by atoms with Crippen molar-refractivity contribution >= 4 is 52.7 Å². The Kier molecular flexibility index (Phi) is 5.65. The first kappa shape index (κ1) is 18.3. The van der Waals surface area contributed by atoms with E-state index in [4.69, 9.17) is 44.3 Å². The summed E-state index contributed by atoms with van der Waals surface area (Å²) in [5, 5.41) is 0. The molecule has 0 N–H and O–H groups in total. The van der Waals surface area contributed by atoms with Crippen molar-refractivity contribution in [3.63, 3.8) is 0 Å². The standard InChI is InChI=1S/C16H18Cl3NO3S/c1-2-12-8-20(15(21)22-9-16(17,18)19)7-11-5-10-3-4-24-14(10)6-13(11)23-12/h5-6,12H,2-4,7-9H2,1H3/t12-/m1/s1. The van der Waals surface area contributed by atoms with Crippen LogP contribution in [0.25, 0.3) is 0 Å². The highest BCUT2D eigenvalue weighted by Gasteiger charge is 2.30. The first-order chi connectivity index (χ1) is 11.4. The summed E-state index contributed by atoms with van der Waals surface area (Å²) in [4.78, 5) is 15.3. The Labute approximate surface area is 160 Å². The zero-order valence-electron chi connectivity index (χ0n) is 13.2. The van der Waals surface area contributed by atoms with Crippen LogP contribution in [0.1, 0.15) is 24.5 Å². The van der Waals surface area contributed by atoms with Gasteiger partial charge in [-0.2, -0.15) is 0 Å². The number of rotatable bonds is 2. The smallest absolute Gasteiger partial charge is 0.410 e. The SMILES string of the molecule is CC[C@@H]1CN(C(=O)OCC(Cl)(Cl)Cl)Cc2cc3c(cc2O1)SCC3. The number of nitrogens with zero attached hydrogens (tertiary/aromatic N) is 1. The molecule has 0 unspecified atom stereocenters. The van der Waals surface area contributed by atoms with E-state index in [9.17, 15) is 4.79 Å². The van der Waals surface area contributed by atoms with E-state index in [1.807, 2.05) is 18.7 Å². The molecule has 2 aliphatic rings. The van der Waals surface area contributed by atoms with Crippen LogP contribution in [0.4, 0.5) is 4.79 Å². The lowest BCUT2D eigenvalue weighted by atomic mass is 10.1. The molecule has 132 valence electrons. The van der Waals surface area contributed by atoms with Crippen molar-refractivity contribution in [2.45, 2.75) is 41.1 Å². The second-order valence-corrected chi connectivity index (χ2v) is 9.52. The highest BCUT2D eigenvalue weighted by molar-refractivity contribution is 7.99. The van der Waals surface area contributed by atoms with E-state index >= 15 is 0 Å². The molecule has 0 saturated carbocycles. The minimum atomic E-state index is -1.61. The van der Waals surface area contributed by atoms with Gasteiger partial charge in [-0.1, -0.05) is 41.7 Å². The van der Waals surface area contributed by atoms with E-state index in [1.165, 1.54) is 10.5 Å². The first-order valence-electron chi connectivity index (χ1n) is 7.79. The molecule has 3 rings (SSSR count). The molecule has 2 heterocycles. The Morgan fingerprint density at radius 2 is 2.21 bits per heavy atom.